The highest BCUT2D eigenvalue weighted by atomic mass is 35.5. The molecule has 0 radical (unpaired) electrons. The van der Waals surface area contributed by atoms with Gasteiger partial charge in [-0.3, -0.25) is 0 Å². The zero-order valence-electron chi connectivity index (χ0n) is 10.1. The van der Waals surface area contributed by atoms with Gasteiger partial charge in [0.1, 0.15) is 0 Å². The van der Waals surface area contributed by atoms with Crippen molar-refractivity contribution in [1.29, 1.82) is 0 Å². The Kier molecular flexibility index (Phi) is 3.44. The molecule has 6 heteroatoms. The van der Waals surface area contributed by atoms with Gasteiger partial charge in [0, 0.05) is 23.2 Å². The third-order valence-electron chi connectivity index (χ3n) is 3.65. The highest BCUT2D eigenvalue weighted by Gasteiger charge is 2.67. The third kappa shape index (κ3) is 2.05. The van der Waals surface area contributed by atoms with Crippen LogP contribution in [0.1, 0.15) is 18.4 Å². The molecule has 1 fully saturated rings. The van der Waals surface area contributed by atoms with Crippen LogP contribution in [0, 0.1) is 0 Å². The molecule has 100 valence electrons. The van der Waals surface area contributed by atoms with Crippen LogP contribution in [0.4, 0.5) is 0 Å². The van der Waals surface area contributed by atoms with E-state index in [2.05, 4.69) is 0 Å². The second-order valence-corrected chi connectivity index (χ2v) is 7.57. The lowest BCUT2D eigenvalue weighted by atomic mass is 10.1. The van der Waals surface area contributed by atoms with Gasteiger partial charge in [-0.05, 0) is 17.7 Å². The summed E-state index contributed by atoms with van der Waals surface area (Å²) in [5.74, 6) is -0.181. The van der Waals surface area contributed by atoms with Gasteiger partial charge in [-0.1, -0.05) is 30.7 Å². The van der Waals surface area contributed by atoms with E-state index in [0.717, 1.165) is 5.56 Å². The molecule has 1 aliphatic rings. The minimum atomic E-state index is -3.20. The maximum absolute atomic E-state index is 12.0. The van der Waals surface area contributed by atoms with E-state index in [4.69, 9.17) is 23.1 Å². The Bertz CT molecular complexity index is 561. The van der Waals surface area contributed by atoms with E-state index in [0.29, 0.717) is 5.02 Å². The van der Waals surface area contributed by atoms with Crippen molar-refractivity contribution in [1.82, 2.24) is 0 Å². The molecule has 3 atom stereocenters. The van der Waals surface area contributed by atoms with Crippen molar-refractivity contribution in [2.24, 2.45) is 11.5 Å². The number of hydrogen-bond acceptors (Lipinski definition) is 4. The minimum absolute atomic E-state index is 0.0771. The first-order chi connectivity index (χ1) is 8.36. The maximum atomic E-state index is 12.0. The molecule has 0 spiro atoms. The zero-order chi connectivity index (χ0) is 13.6. The second-order valence-electron chi connectivity index (χ2n) is 4.72. The van der Waals surface area contributed by atoms with Crippen LogP contribution in [0.25, 0.3) is 0 Å². The van der Waals surface area contributed by atoms with Crippen LogP contribution in [0.15, 0.2) is 24.3 Å². The largest absolute Gasteiger partial charge is 0.329 e. The molecular formula is C12H17ClN2O2S. The molecule has 4 nitrogen and oxygen atoms in total. The molecule has 1 aromatic rings. The van der Waals surface area contributed by atoms with Gasteiger partial charge in [0.15, 0.2) is 9.84 Å². The number of sulfone groups is 1. The minimum Gasteiger partial charge on any atom is -0.329 e. The van der Waals surface area contributed by atoms with E-state index in [1.54, 1.807) is 25.1 Å². The fourth-order valence-electron chi connectivity index (χ4n) is 2.57. The van der Waals surface area contributed by atoms with Crippen LogP contribution in [0.5, 0.6) is 0 Å². The fraction of sp³-hybridized carbons (Fsp3) is 0.500. The van der Waals surface area contributed by atoms with Gasteiger partial charge in [0.25, 0.3) is 0 Å². The smallest absolute Gasteiger partial charge is 0.155 e. The molecule has 0 saturated heterocycles. The molecule has 0 unspecified atom stereocenters. The lowest BCUT2D eigenvalue weighted by Gasteiger charge is -2.08. The Morgan fingerprint density at radius 1 is 1.44 bits per heavy atom. The SMILES string of the molecule is CCS(=O)(=O)[C@@H]1[C@@H](c2cccc(Cl)c2)[C@]1(N)CN. The van der Waals surface area contributed by atoms with Crippen molar-refractivity contribution in [3.8, 4) is 0 Å². The predicted octanol–water partition coefficient (Wildman–Crippen LogP) is 0.897. The molecular weight excluding hydrogens is 272 g/mol. The average molecular weight is 289 g/mol. The van der Waals surface area contributed by atoms with Crippen molar-refractivity contribution in [2.45, 2.75) is 23.6 Å². The van der Waals surface area contributed by atoms with Crippen LogP contribution in [0.3, 0.4) is 0 Å². The van der Waals surface area contributed by atoms with Gasteiger partial charge in [-0.25, -0.2) is 8.42 Å². The van der Waals surface area contributed by atoms with Gasteiger partial charge < -0.3 is 11.5 Å². The van der Waals surface area contributed by atoms with Gasteiger partial charge in [0.2, 0.25) is 0 Å². The Labute approximate surface area is 112 Å². The van der Waals surface area contributed by atoms with E-state index < -0.39 is 20.6 Å². The molecule has 2 rings (SSSR count). The monoisotopic (exact) mass is 288 g/mol. The summed E-state index contributed by atoms with van der Waals surface area (Å²) in [5.41, 5.74) is 11.8. The average Bonchev–Trinajstić information content (AvgIpc) is 2.98. The summed E-state index contributed by atoms with van der Waals surface area (Å²) in [6.07, 6.45) is 0. The van der Waals surface area contributed by atoms with Gasteiger partial charge in [-0.2, -0.15) is 0 Å². The number of benzene rings is 1. The highest BCUT2D eigenvalue weighted by Crippen LogP contribution is 2.53. The van der Waals surface area contributed by atoms with E-state index in [-0.39, 0.29) is 18.2 Å². The number of rotatable bonds is 4. The summed E-state index contributed by atoms with van der Waals surface area (Å²) in [6.45, 7) is 1.77. The quantitative estimate of drug-likeness (QED) is 0.862. The Morgan fingerprint density at radius 3 is 2.61 bits per heavy atom. The highest BCUT2D eigenvalue weighted by molar-refractivity contribution is 7.92. The van der Waals surface area contributed by atoms with E-state index >= 15 is 0 Å². The fourth-order valence-corrected chi connectivity index (χ4v) is 4.79. The first-order valence-electron chi connectivity index (χ1n) is 5.83. The van der Waals surface area contributed by atoms with Crippen LogP contribution in [-0.4, -0.2) is 31.5 Å². The number of halogens is 1. The predicted molar refractivity (Wildman–Crippen MR) is 73.4 cm³/mol. The number of hydrogen-bond donors (Lipinski definition) is 2. The maximum Gasteiger partial charge on any atom is 0.155 e. The topological polar surface area (TPSA) is 86.2 Å². The molecule has 0 aromatic heterocycles. The van der Waals surface area contributed by atoms with Gasteiger partial charge in [0.05, 0.1) is 10.8 Å². The lowest BCUT2D eigenvalue weighted by molar-refractivity contribution is 0.587. The molecule has 0 bridgehead atoms. The summed E-state index contributed by atoms with van der Waals surface area (Å²) in [6, 6.07) is 7.15. The van der Waals surface area contributed by atoms with Crippen LogP contribution in [-0.2, 0) is 9.84 Å². The first kappa shape index (κ1) is 13.8. The van der Waals surface area contributed by atoms with Crippen LogP contribution >= 0.6 is 11.6 Å². The Morgan fingerprint density at radius 2 is 2.11 bits per heavy atom. The van der Waals surface area contributed by atoms with Crippen LogP contribution in [0.2, 0.25) is 5.02 Å². The summed E-state index contributed by atoms with van der Waals surface area (Å²) in [4.78, 5) is 0. The normalized spacial score (nSPS) is 31.3. The summed E-state index contributed by atoms with van der Waals surface area (Å²) >= 11 is 5.93. The molecule has 0 aliphatic heterocycles. The molecule has 4 N–H and O–H groups in total. The number of nitrogens with two attached hydrogens (primary N) is 2. The van der Waals surface area contributed by atoms with Crippen molar-refractivity contribution >= 4 is 21.4 Å². The van der Waals surface area contributed by atoms with Gasteiger partial charge in [-0.15, -0.1) is 0 Å². The van der Waals surface area contributed by atoms with Crippen molar-refractivity contribution < 1.29 is 8.42 Å². The molecule has 0 heterocycles. The Balaban J connectivity index is 2.40. The summed E-state index contributed by atoms with van der Waals surface area (Å²) < 4.78 is 24.1. The third-order valence-corrected chi connectivity index (χ3v) is 6.18. The van der Waals surface area contributed by atoms with E-state index in [1.165, 1.54) is 0 Å². The van der Waals surface area contributed by atoms with E-state index in [9.17, 15) is 8.42 Å². The zero-order valence-corrected chi connectivity index (χ0v) is 11.7. The molecule has 18 heavy (non-hydrogen) atoms. The van der Waals surface area contributed by atoms with Gasteiger partial charge >= 0.3 is 0 Å². The molecule has 1 aliphatic carbocycles. The summed E-state index contributed by atoms with van der Waals surface area (Å²) in [5, 5.41) is -0.0233. The molecule has 1 saturated carbocycles. The van der Waals surface area contributed by atoms with Crippen molar-refractivity contribution in [2.75, 3.05) is 12.3 Å². The Hall–Kier alpha value is -0.620. The van der Waals surface area contributed by atoms with Crippen molar-refractivity contribution in [3.05, 3.63) is 34.9 Å². The van der Waals surface area contributed by atoms with Crippen molar-refractivity contribution in [3.63, 3.8) is 0 Å². The van der Waals surface area contributed by atoms with Crippen LogP contribution < -0.4 is 11.5 Å². The molecule has 0 amide bonds. The summed E-state index contributed by atoms with van der Waals surface area (Å²) in [7, 11) is -3.20. The first-order valence-corrected chi connectivity index (χ1v) is 7.92. The van der Waals surface area contributed by atoms with E-state index in [1.807, 2.05) is 6.07 Å². The molecule has 1 aromatic carbocycles. The standard InChI is InChI=1S/C12H17ClN2O2S/c1-2-18(16,17)11-10(12(11,15)7-14)8-4-3-5-9(13)6-8/h3-6,10-11H,2,7,14-15H2,1H3/t10-,11-,12-/m1/s1. The second kappa shape index (κ2) is 4.49. The lowest BCUT2D eigenvalue weighted by Crippen LogP contribution is -2.39.